The lowest BCUT2D eigenvalue weighted by molar-refractivity contribution is 0.0950. The number of nitrogens with zero attached hydrogens (tertiary/aromatic N) is 3. The fourth-order valence-corrected chi connectivity index (χ4v) is 4.85. The molecule has 7 nitrogen and oxygen atoms in total. The summed E-state index contributed by atoms with van der Waals surface area (Å²) in [4.78, 5) is 16.9. The molecule has 1 amide bonds. The average Bonchev–Trinajstić information content (AvgIpc) is 3.10. The van der Waals surface area contributed by atoms with E-state index in [2.05, 4.69) is 10.3 Å². The zero-order chi connectivity index (χ0) is 20.3. The second-order valence-electron chi connectivity index (χ2n) is 6.12. The molecule has 0 radical (unpaired) electrons. The van der Waals surface area contributed by atoms with Crippen molar-refractivity contribution in [2.24, 2.45) is 0 Å². The molecule has 0 atom stereocenters. The van der Waals surface area contributed by atoms with Crippen molar-refractivity contribution in [3.63, 3.8) is 0 Å². The standard InChI is InChI=1S/C19H21ClN4O3S/c1-3-24(4-2)28(26,27)17-11-14(8-9-16(17)20)19(25)21-12-15-13-23-10-6-5-7-18(23)22-15/h5-11,13H,3-4,12H2,1-2H3,(H,21,25). The van der Waals surface area contributed by atoms with Crippen molar-refractivity contribution in [2.45, 2.75) is 25.3 Å². The highest BCUT2D eigenvalue weighted by atomic mass is 35.5. The number of nitrogens with one attached hydrogen (secondary N) is 1. The molecule has 0 aliphatic rings. The highest BCUT2D eigenvalue weighted by Crippen LogP contribution is 2.26. The fraction of sp³-hybridized carbons (Fsp3) is 0.263. The number of carbonyl (C=O) groups is 1. The Kier molecular flexibility index (Phi) is 6.02. The number of amides is 1. The van der Waals surface area contributed by atoms with Crippen molar-refractivity contribution in [2.75, 3.05) is 13.1 Å². The molecule has 0 spiro atoms. The van der Waals surface area contributed by atoms with Gasteiger partial charge < -0.3 is 9.72 Å². The summed E-state index contributed by atoms with van der Waals surface area (Å²) in [6.45, 7) is 4.36. The zero-order valence-corrected chi connectivity index (χ0v) is 17.2. The van der Waals surface area contributed by atoms with E-state index in [4.69, 9.17) is 11.6 Å². The molecule has 3 rings (SSSR count). The van der Waals surface area contributed by atoms with Gasteiger partial charge in [-0.1, -0.05) is 31.5 Å². The second-order valence-corrected chi connectivity index (χ2v) is 8.43. The Balaban J connectivity index is 1.80. The normalized spacial score (nSPS) is 11.9. The highest BCUT2D eigenvalue weighted by molar-refractivity contribution is 7.89. The van der Waals surface area contributed by atoms with Gasteiger partial charge in [0.2, 0.25) is 10.0 Å². The van der Waals surface area contributed by atoms with E-state index in [-0.39, 0.29) is 22.0 Å². The highest BCUT2D eigenvalue weighted by Gasteiger charge is 2.25. The van der Waals surface area contributed by atoms with E-state index in [1.807, 2.05) is 35.0 Å². The molecule has 148 valence electrons. The Hall–Kier alpha value is -2.42. The third-order valence-corrected chi connectivity index (χ3v) is 6.89. The largest absolute Gasteiger partial charge is 0.346 e. The van der Waals surface area contributed by atoms with Gasteiger partial charge in [-0.25, -0.2) is 13.4 Å². The van der Waals surface area contributed by atoms with Crippen molar-refractivity contribution in [3.05, 3.63) is 65.1 Å². The molecule has 0 unspecified atom stereocenters. The quantitative estimate of drug-likeness (QED) is 0.636. The summed E-state index contributed by atoms with van der Waals surface area (Å²) in [6.07, 6.45) is 3.70. The van der Waals surface area contributed by atoms with Crippen molar-refractivity contribution >= 4 is 33.2 Å². The Morgan fingerprint density at radius 2 is 1.96 bits per heavy atom. The SMILES string of the molecule is CCN(CC)S(=O)(=O)c1cc(C(=O)NCc2cn3ccccc3n2)ccc1Cl. The van der Waals surface area contributed by atoms with E-state index in [0.29, 0.717) is 18.8 Å². The van der Waals surface area contributed by atoms with E-state index >= 15 is 0 Å². The molecule has 2 aromatic heterocycles. The molecule has 0 bridgehead atoms. The third kappa shape index (κ3) is 4.04. The van der Waals surface area contributed by atoms with Crippen molar-refractivity contribution in [3.8, 4) is 0 Å². The summed E-state index contributed by atoms with van der Waals surface area (Å²) in [5.74, 6) is -0.398. The van der Waals surface area contributed by atoms with E-state index in [1.165, 1.54) is 22.5 Å². The van der Waals surface area contributed by atoms with Crippen LogP contribution in [0.3, 0.4) is 0 Å². The van der Waals surface area contributed by atoms with Gasteiger partial charge in [-0.05, 0) is 30.3 Å². The Bertz CT molecular complexity index is 1070. The lowest BCUT2D eigenvalue weighted by Crippen LogP contribution is -2.31. The maximum atomic E-state index is 12.8. The molecular formula is C19H21ClN4O3S. The summed E-state index contributed by atoms with van der Waals surface area (Å²) in [6, 6.07) is 9.89. The monoisotopic (exact) mass is 420 g/mol. The summed E-state index contributed by atoms with van der Waals surface area (Å²) in [5, 5.41) is 2.85. The number of aromatic nitrogens is 2. The number of pyridine rings is 1. The van der Waals surface area contributed by atoms with Gasteiger partial charge in [0.1, 0.15) is 10.5 Å². The van der Waals surface area contributed by atoms with Gasteiger partial charge in [0.05, 0.1) is 17.3 Å². The van der Waals surface area contributed by atoms with Crippen LogP contribution in [-0.4, -0.2) is 41.1 Å². The third-order valence-electron chi connectivity index (χ3n) is 4.36. The van der Waals surface area contributed by atoms with Crippen LogP contribution >= 0.6 is 11.6 Å². The van der Waals surface area contributed by atoms with Crippen molar-refractivity contribution in [1.29, 1.82) is 0 Å². The summed E-state index contributed by atoms with van der Waals surface area (Å²) < 4.78 is 28.7. The Morgan fingerprint density at radius 3 is 2.64 bits per heavy atom. The number of halogens is 1. The summed E-state index contributed by atoms with van der Waals surface area (Å²) in [7, 11) is -3.77. The van der Waals surface area contributed by atoms with E-state index in [0.717, 1.165) is 5.65 Å². The second kappa shape index (κ2) is 8.30. The minimum absolute atomic E-state index is 0.0711. The smallest absolute Gasteiger partial charge is 0.251 e. The van der Waals surface area contributed by atoms with Gasteiger partial charge in [0.25, 0.3) is 5.91 Å². The first kappa shape index (κ1) is 20.3. The number of hydrogen-bond donors (Lipinski definition) is 1. The maximum Gasteiger partial charge on any atom is 0.251 e. The predicted molar refractivity (Wildman–Crippen MR) is 108 cm³/mol. The lowest BCUT2D eigenvalue weighted by Gasteiger charge is -2.19. The number of fused-ring (bicyclic) bond motifs is 1. The number of benzene rings is 1. The number of sulfonamides is 1. The van der Waals surface area contributed by atoms with Crippen LogP contribution in [0.2, 0.25) is 5.02 Å². The molecule has 0 aliphatic heterocycles. The number of hydrogen-bond acceptors (Lipinski definition) is 4. The lowest BCUT2D eigenvalue weighted by atomic mass is 10.2. The molecule has 2 heterocycles. The predicted octanol–water partition coefficient (Wildman–Crippen LogP) is 2.95. The van der Waals surface area contributed by atoms with E-state index in [9.17, 15) is 13.2 Å². The van der Waals surface area contributed by atoms with Crippen LogP contribution in [0.25, 0.3) is 5.65 Å². The first-order valence-corrected chi connectivity index (χ1v) is 10.7. The number of carbonyl (C=O) groups excluding carboxylic acids is 1. The summed E-state index contributed by atoms with van der Waals surface area (Å²) in [5.41, 5.74) is 1.70. The number of rotatable bonds is 7. The van der Waals surface area contributed by atoms with Gasteiger partial charge in [0.15, 0.2) is 0 Å². The van der Waals surface area contributed by atoms with E-state index in [1.54, 1.807) is 13.8 Å². The van der Waals surface area contributed by atoms with E-state index < -0.39 is 15.9 Å². The van der Waals surface area contributed by atoms with Crippen LogP contribution in [0.5, 0.6) is 0 Å². The molecule has 0 aliphatic carbocycles. The van der Waals surface area contributed by atoms with Crippen LogP contribution in [0.4, 0.5) is 0 Å². The topological polar surface area (TPSA) is 83.8 Å². The van der Waals surface area contributed by atoms with Crippen LogP contribution in [-0.2, 0) is 16.6 Å². The molecule has 1 N–H and O–H groups in total. The van der Waals surface area contributed by atoms with Gasteiger partial charge in [0, 0.05) is 31.0 Å². The Morgan fingerprint density at radius 1 is 1.21 bits per heavy atom. The fourth-order valence-electron chi connectivity index (χ4n) is 2.89. The molecular weight excluding hydrogens is 400 g/mol. The van der Waals surface area contributed by atoms with Gasteiger partial charge >= 0.3 is 0 Å². The zero-order valence-electron chi connectivity index (χ0n) is 15.6. The van der Waals surface area contributed by atoms with Crippen LogP contribution in [0.1, 0.15) is 29.9 Å². The average molecular weight is 421 g/mol. The van der Waals surface area contributed by atoms with Gasteiger partial charge in [-0.3, -0.25) is 4.79 Å². The molecule has 9 heteroatoms. The van der Waals surface area contributed by atoms with Gasteiger partial charge in [-0.15, -0.1) is 0 Å². The van der Waals surface area contributed by atoms with Crippen molar-refractivity contribution in [1.82, 2.24) is 19.0 Å². The van der Waals surface area contributed by atoms with Crippen LogP contribution in [0.15, 0.2) is 53.7 Å². The first-order chi connectivity index (χ1) is 13.4. The minimum atomic E-state index is -3.77. The van der Waals surface area contributed by atoms with Gasteiger partial charge in [-0.2, -0.15) is 4.31 Å². The maximum absolute atomic E-state index is 12.8. The minimum Gasteiger partial charge on any atom is -0.346 e. The summed E-state index contributed by atoms with van der Waals surface area (Å²) >= 11 is 6.11. The molecule has 0 saturated heterocycles. The van der Waals surface area contributed by atoms with Crippen molar-refractivity contribution < 1.29 is 13.2 Å². The molecule has 0 fully saturated rings. The van der Waals surface area contributed by atoms with Crippen LogP contribution in [0, 0.1) is 0 Å². The molecule has 28 heavy (non-hydrogen) atoms. The molecule has 1 aromatic carbocycles. The Labute approximate surface area is 169 Å². The number of imidazole rings is 1. The molecule has 3 aromatic rings. The molecule has 0 saturated carbocycles. The first-order valence-electron chi connectivity index (χ1n) is 8.87. The van der Waals surface area contributed by atoms with Crippen LogP contribution < -0.4 is 5.32 Å².